The van der Waals surface area contributed by atoms with Crippen molar-refractivity contribution >= 4 is 27.3 Å². The number of sulfonamides is 1. The monoisotopic (exact) mass is 421 g/mol. The molecule has 30 heavy (non-hydrogen) atoms. The second kappa shape index (κ2) is 7.61. The summed E-state index contributed by atoms with van der Waals surface area (Å²) in [5, 5.41) is 11.4. The summed E-state index contributed by atoms with van der Waals surface area (Å²) in [5.41, 5.74) is 2.35. The molecule has 0 unspecified atom stereocenters. The zero-order valence-electron chi connectivity index (χ0n) is 15.7. The van der Waals surface area contributed by atoms with Gasteiger partial charge in [-0.1, -0.05) is 30.3 Å². The first-order valence-corrected chi connectivity index (χ1v) is 10.5. The number of nitrogens with zero attached hydrogens (tertiary/aromatic N) is 2. The number of nitriles is 1. The molecule has 0 aromatic heterocycles. The van der Waals surface area contributed by atoms with Crippen LogP contribution in [0, 0.1) is 17.1 Å². The Labute approximate surface area is 173 Å². The number of hydrogen-bond donors (Lipinski definition) is 1. The van der Waals surface area contributed by atoms with Crippen LogP contribution in [-0.2, 0) is 21.2 Å². The molecule has 8 heteroatoms. The van der Waals surface area contributed by atoms with Gasteiger partial charge in [-0.25, -0.2) is 12.8 Å². The van der Waals surface area contributed by atoms with Crippen molar-refractivity contribution in [3.8, 4) is 17.2 Å². The van der Waals surface area contributed by atoms with Crippen molar-refractivity contribution in [1.29, 1.82) is 5.26 Å². The Kier molecular flexibility index (Phi) is 4.98. The lowest BCUT2D eigenvalue weighted by Gasteiger charge is -2.31. The van der Waals surface area contributed by atoms with Gasteiger partial charge < -0.3 is 5.32 Å². The van der Waals surface area contributed by atoms with Crippen molar-refractivity contribution in [2.75, 3.05) is 16.2 Å². The minimum atomic E-state index is -4.00. The van der Waals surface area contributed by atoms with Crippen LogP contribution in [0.4, 0.5) is 15.8 Å². The minimum Gasteiger partial charge on any atom is -0.325 e. The number of amides is 1. The molecular formula is C22H16FN3O3S. The number of anilines is 2. The molecule has 1 amide bonds. The summed E-state index contributed by atoms with van der Waals surface area (Å²) in [7, 11) is -4.00. The third-order valence-electron chi connectivity index (χ3n) is 4.78. The van der Waals surface area contributed by atoms with E-state index in [0.29, 0.717) is 16.8 Å². The summed E-state index contributed by atoms with van der Waals surface area (Å²) in [4.78, 5) is 12.6. The van der Waals surface area contributed by atoms with Crippen LogP contribution in [0.15, 0.2) is 71.6 Å². The van der Waals surface area contributed by atoms with Gasteiger partial charge in [-0.2, -0.15) is 5.26 Å². The average molecular weight is 421 g/mol. The normalized spacial score (nSPS) is 13.7. The van der Waals surface area contributed by atoms with Crippen LogP contribution in [0.5, 0.6) is 0 Å². The molecule has 0 aliphatic carbocycles. The van der Waals surface area contributed by atoms with Crippen LogP contribution in [0.25, 0.3) is 11.1 Å². The van der Waals surface area contributed by atoms with Crippen LogP contribution in [0.3, 0.4) is 0 Å². The van der Waals surface area contributed by atoms with Gasteiger partial charge in [-0.15, -0.1) is 0 Å². The molecule has 1 N–H and O–H groups in total. The molecule has 1 aliphatic heterocycles. The zero-order chi connectivity index (χ0) is 21.3. The van der Waals surface area contributed by atoms with Gasteiger partial charge in [0.25, 0.3) is 10.0 Å². The fourth-order valence-corrected chi connectivity index (χ4v) is 5.05. The predicted octanol–water partition coefficient (Wildman–Crippen LogP) is 3.71. The summed E-state index contributed by atoms with van der Waals surface area (Å²) in [6.45, 7) is -0.463. The summed E-state index contributed by atoms with van der Waals surface area (Å²) >= 11 is 0. The zero-order valence-corrected chi connectivity index (χ0v) is 16.5. The van der Waals surface area contributed by atoms with E-state index in [1.54, 1.807) is 42.5 Å². The first-order chi connectivity index (χ1) is 14.4. The van der Waals surface area contributed by atoms with Crippen molar-refractivity contribution < 1.29 is 17.6 Å². The van der Waals surface area contributed by atoms with Gasteiger partial charge in [0.1, 0.15) is 12.4 Å². The second-order valence-corrected chi connectivity index (χ2v) is 8.58. The third kappa shape index (κ3) is 3.51. The molecule has 0 spiro atoms. The van der Waals surface area contributed by atoms with Crippen molar-refractivity contribution in [3.05, 3.63) is 78.1 Å². The van der Waals surface area contributed by atoms with E-state index in [-0.39, 0.29) is 17.0 Å². The van der Waals surface area contributed by atoms with Crippen LogP contribution >= 0.6 is 0 Å². The van der Waals surface area contributed by atoms with Gasteiger partial charge in [-0.3, -0.25) is 9.10 Å². The SMILES string of the molecule is N#CCc1ccc(NC(=O)CN2c3ccc(F)cc3-c3ccccc3S2(=O)=O)cc1. The molecule has 0 fully saturated rings. The number of benzene rings is 3. The smallest absolute Gasteiger partial charge is 0.265 e. The van der Waals surface area contributed by atoms with Crippen molar-refractivity contribution in [1.82, 2.24) is 0 Å². The molecule has 1 heterocycles. The summed E-state index contributed by atoms with van der Waals surface area (Å²) in [6.07, 6.45) is 0.257. The molecule has 0 saturated heterocycles. The molecule has 3 aromatic rings. The van der Waals surface area contributed by atoms with Gasteiger partial charge in [0.15, 0.2) is 0 Å². The Morgan fingerprint density at radius 1 is 1.03 bits per heavy atom. The van der Waals surface area contributed by atoms with Gasteiger partial charge in [0.05, 0.1) is 23.1 Å². The van der Waals surface area contributed by atoms with E-state index < -0.39 is 28.3 Å². The number of rotatable bonds is 4. The van der Waals surface area contributed by atoms with E-state index in [1.807, 2.05) is 6.07 Å². The topological polar surface area (TPSA) is 90.3 Å². The van der Waals surface area contributed by atoms with Crippen LogP contribution in [-0.4, -0.2) is 20.9 Å². The largest absolute Gasteiger partial charge is 0.325 e. The second-order valence-electron chi connectivity index (χ2n) is 6.75. The molecule has 0 radical (unpaired) electrons. The summed E-state index contributed by atoms with van der Waals surface area (Å²) in [5.74, 6) is -1.04. The highest BCUT2D eigenvalue weighted by atomic mass is 32.2. The first-order valence-electron chi connectivity index (χ1n) is 9.07. The van der Waals surface area contributed by atoms with Gasteiger partial charge in [0.2, 0.25) is 5.91 Å². The Morgan fingerprint density at radius 3 is 2.50 bits per heavy atom. The standard InChI is InChI=1S/C22H16FN3O3S/c23-16-7-10-20-19(13-16)18-3-1-2-4-21(18)30(28,29)26(20)14-22(27)25-17-8-5-15(6-9-17)11-12-24/h1-10,13H,11,14H2,(H,25,27). The molecule has 0 saturated carbocycles. The van der Waals surface area contributed by atoms with Crippen molar-refractivity contribution in [2.24, 2.45) is 0 Å². The highest BCUT2D eigenvalue weighted by Crippen LogP contribution is 2.43. The molecule has 1 aliphatic rings. The summed E-state index contributed by atoms with van der Waals surface area (Å²) in [6, 6.07) is 18.9. The number of carbonyl (C=O) groups excluding carboxylic acids is 1. The number of fused-ring (bicyclic) bond motifs is 3. The fraction of sp³-hybridized carbons (Fsp3) is 0.0909. The number of hydrogen-bond acceptors (Lipinski definition) is 4. The van der Waals surface area contributed by atoms with E-state index in [0.717, 1.165) is 9.87 Å². The summed E-state index contributed by atoms with van der Waals surface area (Å²) < 4.78 is 41.2. The predicted molar refractivity (Wildman–Crippen MR) is 111 cm³/mol. The van der Waals surface area contributed by atoms with Gasteiger partial charge >= 0.3 is 0 Å². The lowest BCUT2D eigenvalue weighted by Crippen LogP contribution is -2.40. The molecule has 4 rings (SSSR count). The fourth-order valence-electron chi connectivity index (χ4n) is 3.40. The van der Waals surface area contributed by atoms with Crippen molar-refractivity contribution in [3.63, 3.8) is 0 Å². The van der Waals surface area contributed by atoms with Gasteiger partial charge in [0, 0.05) is 16.8 Å². The maximum atomic E-state index is 13.9. The quantitative estimate of drug-likeness (QED) is 0.695. The number of nitrogens with one attached hydrogen (secondary N) is 1. The molecule has 150 valence electrons. The minimum absolute atomic E-state index is 0.0248. The van der Waals surface area contributed by atoms with Crippen molar-refractivity contribution in [2.45, 2.75) is 11.3 Å². The average Bonchev–Trinajstić information content (AvgIpc) is 2.73. The molecular weight excluding hydrogens is 405 g/mol. The lowest BCUT2D eigenvalue weighted by molar-refractivity contribution is -0.114. The van der Waals surface area contributed by atoms with E-state index >= 15 is 0 Å². The van der Waals surface area contributed by atoms with E-state index in [1.165, 1.54) is 24.3 Å². The van der Waals surface area contributed by atoms with E-state index in [4.69, 9.17) is 5.26 Å². The van der Waals surface area contributed by atoms with Crippen LogP contribution in [0.2, 0.25) is 0 Å². The number of halogens is 1. The Bertz CT molecular complexity index is 1280. The maximum absolute atomic E-state index is 13.9. The Balaban J connectivity index is 1.65. The van der Waals surface area contributed by atoms with Gasteiger partial charge in [-0.05, 0) is 42.0 Å². The number of carbonyl (C=O) groups is 1. The highest BCUT2D eigenvalue weighted by Gasteiger charge is 2.36. The third-order valence-corrected chi connectivity index (χ3v) is 6.60. The van der Waals surface area contributed by atoms with Crippen LogP contribution < -0.4 is 9.62 Å². The van der Waals surface area contributed by atoms with Crippen LogP contribution in [0.1, 0.15) is 5.56 Å². The van der Waals surface area contributed by atoms with E-state index in [9.17, 15) is 17.6 Å². The molecule has 6 nitrogen and oxygen atoms in total. The molecule has 0 bridgehead atoms. The lowest BCUT2D eigenvalue weighted by atomic mass is 10.0. The molecule has 3 aromatic carbocycles. The maximum Gasteiger partial charge on any atom is 0.265 e. The Hall–Kier alpha value is -3.70. The highest BCUT2D eigenvalue weighted by molar-refractivity contribution is 7.93. The molecule has 0 atom stereocenters. The Morgan fingerprint density at radius 2 is 1.77 bits per heavy atom. The van der Waals surface area contributed by atoms with E-state index in [2.05, 4.69) is 5.32 Å². The first kappa shape index (κ1) is 19.6.